The predicted molar refractivity (Wildman–Crippen MR) is 49.5 cm³/mol. The van der Waals surface area contributed by atoms with Gasteiger partial charge in [-0.3, -0.25) is 13.5 Å². The van der Waals surface area contributed by atoms with E-state index in [-0.39, 0.29) is 6.67 Å². The highest BCUT2D eigenvalue weighted by Gasteiger charge is 2.21. The number of alkyl halides is 1. The summed E-state index contributed by atoms with van der Waals surface area (Å²) in [4.78, 5) is 2.22. The Morgan fingerprint density at radius 3 is 3.00 bits per heavy atom. The monoisotopic (exact) mass is 193 g/mol. The van der Waals surface area contributed by atoms with Gasteiger partial charge in [0.1, 0.15) is 0 Å². The Kier molecular flexibility index (Phi) is 4.15. The average Bonchev–Trinajstić information content (AvgIpc) is 2.03. The zero-order chi connectivity index (χ0) is 8.97. The van der Waals surface area contributed by atoms with Gasteiger partial charge in [0.05, 0.1) is 6.67 Å². The Morgan fingerprint density at radius 1 is 1.67 bits per heavy atom. The van der Waals surface area contributed by atoms with Crippen LogP contribution in [0.15, 0.2) is 0 Å². The molecule has 0 saturated carbocycles. The van der Waals surface area contributed by atoms with Crippen molar-refractivity contribution in [3.05, 3.63) is 0 Å². The van der Waals surface area contributed by atoms with Crippen LogP contribution in [0.5, 0.6) is 0 Å². The maximum atomic E-state index is 11.9. The number of halogens is 1. The second kappa shape index (κ2) is 4.92. The van der Waals surface area contributed by atoms with Crippen LogP contribution in [0.4, 0.5) is 4.39 Å². The molecule has 2 nitrogen and oxygen atoms in total. The Bertz CT molecular complexity index is 165. The summed E-state index contributed by atoms with van der Waals surface area (Å²) < 4.78 is 23.0. The third-order valence-electron chi connectivity index (χ3n) is 2.24. The van der Waals surface area contributed by atoms with Gasteiger partial charge in [-0.2, -0.15) is 0 Å². The summed E-state index contributed by atoms with van der Waals surface area (Å²) in [5.41, 5.74) is 0. The van der Waals surface area contributed by atoms with Gasteiger partial charge in [0, 0.05) is 41.4 Å². The van der Waals surface area contributed by atoms with Crippen molar-refractivity contribution in [2.45, 2.75) is 19.4 Å². The molecule has 0 aliphatic carbocycles. The van der Waals surface area contributed by atoms with Crippen LogP contribution in [0.1, 0.15) is 13.3 Å². The SMILES string of the molecule is CC1CS(=O)CCN1CCCF. The van der Waals surface area contributed by atoms with Gasteiger partial charge in [-0.15, -0.1) is 0 Å². The molecule has 72 valence electrons. The van der Waals surface area contributed by atoms with Gasteiger partial charge < -0.3 is 0 Å². The standard InChI is InChI=1S/C8H16FNOS/c1-8-7-12(11)6-5-10(8)4-2-3-9/h8H,2-7H2,1H3. The first-order valence-corrected chi connectivity index (χ1v) is 5.88. The molecule has 0 aromatic rings. The number of hydrogen-bond acceptors (Lipinski definition) is 2. The number of rotatable bonds is 3. The number of nitrogens with zero attached hydrogens (tertiary/aromatic N) is 1. The lowest BCUT2D eigenvalue weighted by molar-refractivity contribution is 0.219. The zero-order valence-corrected chi connectivity index (χ0v) is 8.28. The van der Waals surface area contributed by atoms with E-state index in [4.69, 9.17) is 0 Å². The Balaban J connectivity index is 2.29. The lowest BCUT2D eigenvalue weighted by Crippen LogP contribution is -2.45. The van der Waals surface area contributed by atoms with Crippen LogP contribution in [0, 0.1) is 0 Å². The van der Waals surface area contributed by atoms with Crippen LogP contribution in [0.25, 0.3) is 0 Å². The lowest BCUT2D eigenvalue weighted by Gasteiger charge is -2.32. The summed E-state index contributed by atoms with van der Waals surface area (Å²) in [5, 5.41) is 0. The van der Waals surface area contributed by atoms with Crippen LogP contribution >= 0.6 is 0 Å². The Labute approximate surface area is 75.6 Å². The minimum Gasteiger partial charge on any atom is -0.299 e. The van der Waals surface area contributed by atoms with E-state index in [1.165, 1.54) is 0 Å². The molecule has 1 saturated heterocycles. The third-order valence-corrected chi connectivity index (χ3v) is 3.73. The maximum Gasteiger partial charge on any atom is 0.0906 e. The van der Waals surface area contributed by atoms with Crippen molar-refractivity contribution in [2.24, 2.45) is 0 Å². The van der Waals surface area contributed by atoms with Crippen LogP contribution < -0.4 is 0 Å². The average molecular weight is 193 g/mol. The summed E-state index contributed by atoms with van der Waals surface area (Å²) >= 11 is 0. The van der Waals surface area contributed by atoms with Crippen molar-refractivity contribution in [2.75, 3.05) is 31.3 Å². The second-order valence-corrected chi connectivity index (χ2v) is 4.86. The van der Waals surface area contributed by atoms with E-state index in [9.17, 15) is 8.60 Å². The van der Waals surface area contributed by atoms with Gasteiger partial charge in [-0.05, 0) is 13.3 Å². The van der Waals surface area contributed by atoms with E-state index < -0.39 is 10.8 Å². The van der Waals surface area contributed by atoms with E-state index in [1.807, 2.05) is 0 Å². The first-order chi connectivity index (χ1) is 5.74. The minimum atomic E-state index is -0.632. The molecule has 0 aromatic carbocycles. The predicted octanol–water partition coefficient (Wildman–Crippen LogP) is 0.799. The Morgan fingerprint density at radius 2 is 2.42 bits per heavy atom. The van der Waals surface area contributed by atoms with Gasteiger partial charge in [0.25, 0.3) is 0 Å². The summed E-state index contributed by atoms with van der Waals surface area (Å²) in [6.45, 7) is 3.50. The molecule has 2 unspecified atom stereocenters. The third kappa shape index (κ3) is 2.83. The first kappa shape index (κ1) is 10.1. The van der Waals surface area contributed by atoms with Crippen molar-refractivity contribution in [3.8, 4) is 0 Å². The van der Waals surface area contributed by atoms with E-state index in [2.05, 4.69) is 11.8 Å². The Hall–Kier alpha value is 0.0400. The molecule has 4 heteroatoms. The van der Waals surface area contributed by atoms with Crippen molar-refractivity contribution in [3.63, 3.8) is 0 Å². The largest absolute Gasteiger partial charge is 0.299 e. The minimum absolute atomic E-state index is 0.244. The van der Waals surface area contributed by atoms with Crippen LogP contribution in [-0.4, -0.2) is 46.4 Å². The molecule has 1 heterocycles. The van der Waals surface area contributed by atoms with Crippen LogP contribution in [0.2, 0.25) is 0 Å². The normalized spacial score (nSPS) is 32.2. The molecule has 1 fully saturated rings. The van der Waals surface area contributed by atoms with Crippen LogP contribution in [-0.2, 0) is 10.8 Å². The molecular weight excluding hydrogens is 177 g/mol. The van der Waals surface area contributed by atoms with E-state index in [0.717, 1.165) is 24.6 Å². The molecule has 2 atom stereocenters. The van der Waals surface area contributed by atoms with E-state index in [0.29, 0.717) is 12.5 Å². The molecule has 1 aliphatic rings. The summed E-state index contributed by atoms with van der Waals surface area (Å²) in [5.74, 6) is 1.52. The maximum absolute atomic E-state index is 11.9. The summed E-state index contributed by atoms with van der Waals surface area (Å²) in [6, 6.07) is 0.367. The number of hydrogen-bond donors (Lipinski definition) is 0. The lowest BCUT2D eigenvalue weighted by atomic mass is 10.3. The molecule has 12 heavy (non-hydrogen) atoms. The molecule has 1 aliphatic heterocycles. The smallest absolute Gasteiger partial charge is 0.0906 e. The van der Waals surface area contributed by atoms with Gasteiger partial charge in [-0.1, -0.05) is 0 Å². The second-order valence-electron chi connectivity index (χ2n) is 3.24. The summed E-state index contributed by atoms with van der Waals surface area (Å²) in [7, 11) is -0.632. The van der Waals surface area contributed by atoms with Crippen molar-refractivity contribution in [1.29, 1.82) is 0 Å². The molecule has 0 spiro atoms. The van der Waals surface area contributed by atoms with Crippen LogP contribution in [0.3, 0.4) is 0 Å². The molecule has 0 aromatic heterocycles. The molecule has 0 bridgehead atoms. The van der Waals surface area contributed by atoms with Gasteiger partial charge in [0.15, 0.2) is 0 Å². The zero-order valence-electron chi connectivity index (χ0n) is 7.46. The molecular formula is C8H16FNOS. The topological polar surface area (TPSA) is 20.3 Å². The molecule has 1 rings (SSSR count). The molecule has 0 N–H and O–H groups in total. The quantitative estimate of drug-likeness (QED) is 0.661. The van der Waals surface area contributed by atoms with E-state index in [1.54, 1.807) is 0 Å². The van der Waals surface area contributed by atoms with Gasteiger partial charge in [0.2, 0.25) is 0 Å². The molecule has 0 amide bonds. The molecule has 0 radical (unpaired) electrons. The highest BCUT2D eigenvalue weighted by molar-refractivity contribution is 7.85. The van der Waals surface area contributed by atoms with Crippen molar-refractivity contribution < 1.29 is 8.60 Å². The summed E-state index contributed by atoms with van der Waals surface area (Å²) in [6.07, 6.45) is 0.608. The van der Waals surface area contributed by atoms with E-state index >= 15 is 0 Å². The highest BCUT2D eigenvalue weighted by Crippen LogP contribution is 2.08. The van der Waals surface area contributed by atoms with Crippen molar-refractivity contribution >= 4 is 10.8 Å². The van der Waals surface area contributed by atoms with Gasteiger partial charge in [-0.25, -0.2) is 0 Å². The van der Waals surface area contributed by atoms with Crippen molar-refractivity contribution in [1.82, 2.24) is 4.90 Å². The fourth-order valence-electron chi connectivity index (χ4n) is 1.49. The highest BCUT2D eigenvalue weighted by atomic mass is 32.2. The van der Waals surface area contributed by atoms with Gasteiger partial charge >= 0.3 is 0 Å². The fraction of sp³-hybridized carbons (Fsp3) is 1.00. The first-order valence-electron chi connectivity index (χ1n) is 4.39. The fourth-order valence-corrected chi connectivity index (χ4v) is 2.85.